The van der Waals surface area contributed by atoms with E-state index >= 15 is 0 Å². The molecule has 2 aromatic rings. The number of aryl methyl sites for hydroxylation is 2. The molecule has 1 aliphatic carbocycles. The zero-order chi connectivity index (χ0) is 28.2. The van der Waals surface area contributed by atoms with Crippen molar-refractivity contribution in [1.82, 2.24) is 4.90 Å². The molecule has 0 saturated carbocycles. The van der Waals surface area contributed by atoms with Gasteiger partial charge in [-0.1, -0.05) is 37.3 Å². The number of halogens is 4. The number of hydrogen-bond acceptors (Lipinski definition) is 4. The lowest BCUT2D eigenvalue weighted by Gasteiger charge is -2.43. The number of aliphatic imine (C=N–C) groups is 1. The molecule has 1 fully saturated rings. The van der Waals surface area contributed by atoms with Gasteiger partial charge in [0.25, 0.3) is 0 Å². The van der Waals surface area contributed by atoms with Crippen LogP contribution in [0.25, 0.3) is 0 Å². The van der Waals surface area contributed by atoms with E-state index in [2.05, 4.69) is 47.6 Å². The van der Waals surface area contributed by atoms with Crippen LogP contribution >= 0.6 is 0 Å². The molecule has 8 heteroatoms. The van der Waals surface area contributed by atoms with E-state index in [-0.39, 0.29) is 5.83 Å². The number of benzene rings is 2. The van der Waals surface area contributed by atoms with Gasteiger partial charge in [-0.2, -0.15) is 13.2 Å². The molecule has 2 heterocycles. The van der Waals surface area contributed by atoms with Crippen LogP contribution in [0.15, 0.2) is 83.3 Å². The molecule has 208 valence electrons. The van der Waals surface area contributed by atoms with Crippen molar-refractivity contribution >= 4 is 17.3 Å². The van der Waals surface area contributed by atoms with Gasteiger partial charge in [-0.3, -0.25) is 0 Å². The van der Waals surface area contributed by atoms with Gasteiger partial charge in [0.2, 0.25) is 5.96 Å². The molecule has 2 aromatic carbocycles. The maximum Gasteiger partial charge on any atom is 0.416 e. The highest BCUT2D eigenvalue weighted by atomic mass is 19.4. The van der Waals surface area contributed by atoms with Gasteiger partial charge in [-0.15, -0.1) is 6.58 Å². The first-order chi connectivity index (χ1) is 18.7. The van der Waals surface area contributed by atoms with E-state index in [0.717, 1.165) is 42.4 Å². The second-order valence-corrected chi connectivity index (χ2v) is 9.92. The third-order valence-corrected chi connectivity index (χ3v) is 7.17. The van der Waals surface area contributed by atoms with E-state index in [1.165, 1.54) is 17.7 Å². The van der Waals surface area contributed by atoms with Gasteiger partial charge in [0.05, 0.1) is 12.1 Å². The average Bonchev–Trinajstić information content (AvgIpc) is 2.93. The number of guanidine groups is 1. The minimum atomic E-state index is -4.45. The van der Waals surface area contributed by atoms with Crippen LogP contribution in [0.1, 0.15) is 43.4 Å². The highest BCUT2D eigenvalue weighted by Gasteiger charge is 2.35. The van der Waals surface area contributed by atoms with Crippen LogP contribution in [0.4, 0.5) is 28.9 Å². The summed E-state index contributed by atoms with van der Waals surface area (Å²) in [6.45, 7) is 12.2. The second kappa shape index (κ2) is 12.1. The number of anilines is 2. The maximum absolute atomic E-state index is 14.8. The van der Waals surface area contributed by atoms with E-state index in [4.69, 9.17) is 4.99 Å². The lowest BCUT2D eigenvalue weighted by Crippen LogP contribution is -2.55. The summed E-state index contributed by atoms with van der Waals surface area (Å²) in [5.74, 6) is 0.268. The van der Waals surface area contributed by atoms with Crippen LogP contribution in [0.3, 0.4) is 0 Å². The van der Waals surface area contributed by atoms with E-state index in [1.54, 1.807) is 13.0 Å². The zero-order valence-electron chi connectivity index (χ0n) is 22.9. The smallest absolute Gasteiger partial charge is 0.368 e. The summed E-state index contributed by atoms with van der Waals surface area (Å²) in [6, 6.07) is 12.3. The Morgan fingerprint density at radius 2 is 1.72 bits per heavy atom. The number of nitrogens with zero attached hydrogens (tertiary/aromatic N) is 4. The Hall–Kier alpha value is -3.55. The van der Waals surface area contributed by atoms with Gasteiger partial charge >= 0.3 is 6.18 Å². The first kappa shape index (κ1) is 28.5. The molecule has 0 radical (unpaired) electrons. The highest BCUT2D eigenvalue weighted by Crippen LogP contribution is 2.38. The van der Waals surface area contributed by atoms with E-state index in [9.17, 15) is 17.6 Å². The number of allylic oxidation sites excluding steroid dienone is 3. The van der Waals surface area contributed by atoms with Gasteiger partial charge in [-0.25, -0.2) is 9.38 Å². The summed E-state index contributed by atoms with van der Waals surface area (Å²) < 4.78 is 55.5. The van der Waals surface area contributed by atoms with E-state index < -0.39 is 11.7 Å². The van der Waals surface area contributed by atoms with Crippen molar-refractivity contribution < 1.29 is 17.6 Å². The topological polar surface area (TPSA) is 22.1 Å². The predicted octanol–water partition coefficient (Wildman–Crippen LogP) is 7.67. The van der Waals surface area contributed by atoms with Crippen LogP contribution in [0.5, 0.6) is 0 Å². The monoisotopic (exact) mass is 540 g/mol. The molecular weight excluding hydrogens is 504 g/mol. The number of hydrogen-bond donors (Lipinski definition) is 0. The van der Waals surface area contributed by atoms with Crippen LogP contribution in [-0.2, 0) is 12.6 Å². The third-order valence-electron chi connectivity index (χ3n) is 7.17. The quantitative estimate of drug-likeness (QED) is 0.295. The van der Waals surface area contributed by atoms with Crippen LogP contribution in [-0.4, -0.2) is 43.6 Å². The standard InChI is InChI=1S/C28H30F4N4.C3H6/c1-3-20-6-4-8-23(16-20)34-12-14-35(15-13-34)27-33-26-21(7-5-9-24(26)29)18-36(27)25-17-22(28(30,31)32)11-10-19(25)2;1-3-2/h4,6-8,10-11,16-17H,3,5,9,12-15,18H2,1-2H3;3H,1H2,2H3. The van der Waals surface area contributed by atoms with Crippen molar-refractivity contribution in [2.45, 2.75) is 46.2 Å². The fourth-order valence-electron chi connectivity index (χ4n) is 5.08. The molecule has 0 bridgehead atoms. The van der Waals surface area contributed by atoms with Gasteiger partial charge < -0.3 is 14.7 Å². The van der Waals surface area contributed by atoms with Gasteiger partial charge in [0.15, 0.2) is 0 Å². The lowest BCUT2D eigenvalue weighted by molar-refractivity contribution is -0.137. The van der Waals surface area contributed by atoms with Crippen molar-refractivity contribution in [2.75, 3.05) is 42.5 Å². The van der Waals surface area contributed by atoms with E-state index in [1.807, 2.05) is 17.9 Å². The zero-order valence-corrected chi connectivity index (χ0v) is 22.9. The Labute approximate surface area is 228 Å². The molecule has 4 nitrogen and oxygen atoms in total. The minimum absolute atomic E-state index is 0.250. The molecule has 1 saturated heterocycles. The maximum atomic E-state index is 14.8. The fraction of sp³-hybridized carbons (Fsp3) is 0.387. The summed E-state index contributed by atoms with van der Waals surface area (Å²) in [6.07, 6.45) is 1.09. The highest BCUT2D eigenvalue weighted by molar-refractivity contribution is 6.00. The molecule has 0 atom stereocenters. The Morgan fingerprint density at radius 1 is 1.03 bits per heavy atom. The van der Waals surface area contributed by atoms with Gasteiger partial charge in [0, 0.05) is 44.0 Å². The Kier molecular flexibility index (Phi) is 8.83. The number of piperazine rings is 1. The molecule has 0 aromatic heterocycles. The average molecular weight is 541 g/mol. The summed E-state index contributed by atoms with van der Waals surface area (Å²) >= 11 is 0. The molecule has 3 aliphatic rings. The first-order valence-corrected chi connectivity index (χ1v) is 13.4. The summed E-state index contributed by atoms with van der Waals surface area (Å²) in [5, 5.41) is 0. The Balaban J connectivity index is 0.00000112. The van der Waals surface area contributed by atoms with E-state index in [0.29, 0.717) is 49.8 Å². The lowest BCUT2D eigenvalue weighted by atomic mass is 9.99. The molecule has 0 spiro atoms. The Morgan fingerprint density at radius 3 is 2.38 bits per heavy atom. The summed E-state index contributed by atoms with van der Waals surface area (Å²) in [4.78, 5) is 10.9. The van der Waals surface area contributed by atoms with Crippen molar-refractivity contribution in [3.8, 4) is 0 Å². The fourth-order valence-corrected chi connectivity index (χ4v) is 5.08. The number of fused-ring (bicyclic) bond motifs is 1. The summed E-state index contributed by atoms with van der Waals surface area (Å²) in [5.41, 5.74) is 3.98. The minimum Gasteiger partial charge on any atom is -0.368 e. The van der Waals surface area contributed by atoms with Crippen LogP contribution in [0.2, 0.25) is 0 Å². The predicted molar refractivity (Wildman–Crippen MR) is 152 cm³/mol. The van der Waals surface area contributed by atoms with Crippen LogP contribution < -0.4 is 9.80 Å². The largest absolute Gasteiger partial charge is 0.416 e. The van der Waals surface area contributed by atoms with Crippen molar-refractivity contribution in [1.29, 1.82) is 0 Å². The Bertz CT molecular complexity index is 1280. The molecule has 5 rings (SSSR count). The third kappa shape index (κ3) is 6.37. The SMILES string of the molecule is C=CC.CCc1cccc(N2CCN(C3=NC4=C(F)CCC=C4CN3c3cc(C(F)(F)F)ccc3C)CC2)c1. The molecule has 0 unspecified atom stereocenters. The normalized spacial score (nSPS) is 17.7. The number of alkyl halides is 3. The van der Waals surface area contributed by atoms with Gasteiger partial charge in [0.1, 0.15) is 11.5 Å². The molecule has 39 heavy (non-hydrogen) atoms. The second-order valence-electron chi connectivity index (χ2n) is 9.92. The molecular formula is C31H36F4N4. The summed E-state index contributed by atoms with van der Waals surface area (Å²) in [7, 11) is 0. The van der Waals surface area contributed by atoms with Gasteiger partial charge in [-0.05, 0) is 67.7 Å². The molecule has 2 aliphatic heterocycles. The van der Waals surface area contributed by atoms with Crippen LogP contribution in [0, 0.1) is 6.92 Å². The van der Waals surface area contributed by atoms with Crippen molar-refractivity contribution in [3.05, 3.63) is 95.0 Å². The number of rotatable bonds is 3. The van der Waals surface area contributed by atoms with Crippen molar-refractivity contribution in [3.63, 3.8) is 0 Å². The first-order valence-electron chi connectivity index (χ1n) is 13.4. The molecule has 0 amide bonds. The van der Waals surface area contributed by atoms with Crippen molar-refractivity contribution in [2.24, 2.45) is 4.99 Å². The molecule has 0 N–H and O–H groups in total.